The van der Waals surface area contributed by atoms with Crippen LogP contribution >= 0.6 is 0 Å². The molecule has 1 aliphatic carbocycles. The summed E-state index contributed by atoms with van der Waals surface area (Å²) in [5.41, 5.74) is 6.52. The van der Waals surface area contributed by atoms with E-state index in [1.807, 2.05) is 6.92 Å². The van der Waals surface area contributed by atoms with Crippen molar-refractivity contribution in [2.45, 2.75) is 38.3 Å². The van der Waals surface area contributed by atoms with Crippen molar-refractivity contribution in [2.75, 3.05) is 0 Å². The first-order valence-electron chi connectivity index (χ1n) is 5.38. The fourth-order valence-electron chi connectivity index (χ4n) is 1.65. The number of nitrogens with two attached hydrogens (primary N) is 1. The molecule has 0 radical (unpaired) electrons. The maximum Gasteiger partial charge on any atom is 0.124 e. The molecule has 1 atom stereocenters. The van der Waals surface area contributed by atoms with Crippen molar-refractivity contribution in [1.29, 1.82) is 0 Å². The Morgan fingerprint density at radius 1 is 1.47 bits per heavy atom. The third-order valence-electron chi connectivity index (χ3n) is 2.81. The highest BCUT2D eigenvalue weighted by atomic mass is 19.1. The minimum absolute atomic E-state index is 0.198. The largest absolute Gasteiger partial charge is 0.490 e. The van der Waals surface area contributed by atoms with E-state index in [1.54, 1.807) is 6.07 Å². The summed E-state index contributed by atoms with van der Waals surface area (Å²) in [4.78, 5) is 0. The minimum Gasteiger partial charge on any atom is -0.490 e. The Hall–Kier alpha value is -1.09. The Labute approximate surface area is 89.2 Å². The Kier molecular flexibility index (Phi) is 2.91. The molecule has 0 aromatic heterocycles. The van der Waals surface area contributed by atoms with Gasteiger partial charge in [-0.15, -0.1) is 0 Å². The molecular weight excluding hydrogens is 193 g/mol. The third-order valence-corrected chi connectivity index (χ3v) is 2.81. The van der Waals surface area contributed by atoms with E-state index in [0.717, 1.165) is 24.2 Å². The van der Waals surface area contributed by atoms with Crippen molar-refractivity contribution in [1.82, 2.24) is 0 Å². The lowest BCUT2D eigenvalue weighted by Crippen LogP contribution is -2.25. The Balaban J connectivity index is 2.20. The molecule has 0 bridgehead atoms. The Morgan fingerprint density at radius 2 is 2.20 bits per heavy atom. The Morgan fingerprint density at radius 3 is 2.73 bits per heavy atom. The predicted molar refractivity (Wildman–Crippen MR) is 57.3 cm³/mol. The first kappa shape index (κ1) is 10.4. The van der Waals surface area contributed by atoms with E-state index in [0.29, 0.717) is 6.10 Å². The van der Waals surface area contributed by atoms with Gasteiger partial charge in [0.05, 0.1) is 6.10 Å². The van der Waals surface area contributed by atoms with Crippen molar-refractivity contribution in [3.8, 4) is 5.75 Å². The van der Waals surface area contributed by atoms with Crippen molar-refractivity contribution in [3.05, 3.63) is 29.6 Å². The molecule has 0 amide bonds. The summed E-state index contributed by atoms with van der Waals surface area (Å²) in [6, 6.07) is 4.35. The van der Waals surface area contributed by atoms with Crippen LogP contribution in [-0.4, -0.2) is 6.10 Å². The lowest BCUT2D eigenvalue weighted by molar-refractivity contribution is 0.118. The van der Waals surface area contributed by atoms with E-state index in [9.17, 15) is 4.39 Å². The van der Waals surface area contributed by atoms with Gasteiger partial charge in [0.2, 0.25) is 0 Å². The average Bonchev–Trinajstić information content (AvgIpc) is 2.12. The summed E-state index contributed by atoms with van der Waals surface area (Å²) in [6.07, 6.45) is 3.71. The van der Waals surface area contributed by atoms with Crippen LogP contribution < -0.4 is 10.5 Å². The summed E-state index contributed by atoms with van der Waals surface area (Å²) in [7, 11) is 0. The summed E-state index contributed by atoms with van der Waals surface area (Å²) < 4.78 is 18.8. The van der Waals surface area contributed by atoms with Gasteiger partial charge in [-0.1, -0.05) is 0 Å². The lowest BCUT2D eigenvalue weighted by Gasteiger charge is -2.28. The van der Waals surface area contributed by atoms with Gasteiger partial charge in [0.15, 0.2) is 0 Å². The van der Waals surface area contributed by atoms with Crippen LogP contribution in [0.25, 0.3) is 0 Å². The van der Waals surface area contributed by atoms with E-state index in [4.69, 9.17) is 10.5 Å². The monoisotopic (exact) mass is 209 g/mol. The van der Waals surface area contributed by atoms with Crippen molar-refractivity contribution in [2.24, 2.45) is 5.73 Å². The van der Waals surface area contributed by atoms with Crippen molar-refractivity contribution < 1.29 is 9.13 Å². The Bertz CT molecular complexity index is 347. The molecule has 3 heteroatoms. The second-order valence-corrected chi connectivity index (χ2v) is 4.14. The normalized spacial score (nSPS) is 18.3. The van der Waals surface area contributed by atoms with Crippen molar-refractivity contribution in [3.63, 3.8) is 0 Å². The quantitative estimate of drug-likeness (QED) is 0.830. The van der Waals surface area contributed by atoms with Crippen LogP contribution in [0.5, 0.6) is 5.75 Å². The van der Waals surface area contributed by atoms with Crippen LogP contribution in [0.4, 0.5) is 4.39 Å². The summed E-state index contributed by atoms with van der Waals surface area (Å²) in [5, 5.41) is 0. The second-order valence-electron chi connectivity index (χ2n) is 4.14. The van der Waals surface area contributed by atoms with Crippen molar-refractivity contribution >= 4 is 0 Å². The topological polar surface area (TPSA) is 35.2 Å². The molecule has 1 aromatic carbocycles. The van der Waals surface area contributed by atoms with Gasteiger partial charge in [-0.25, -0.2) is 4.39 Å². The molecule has 15 heavy (non-hydrogen) atoms. The summed E-state index contributed by atoms with van der Waals surface area (Å²) in [5.74, 6) is 0.472. The maximum absolute atomic E-state index is 13.0. The van der Waals surface area contributed by atoms with Crippen LogP contribution in [0.2, 0.25) is 0 Å². The highest BCUT2D eigenvalue weighted by molar-refractivity contribution is 5.36. The first-order valence-corrected chi connectivity index (χ1v) is 5.38. The molecule has 1 aliphatic rings. The predicted octanol–water partition coefficient (Wildman–Crippen LogP) is 2.78. The van der Waals surface area contributed by atoms with Crippen LogP contribution in [0.3, 0.4) is 0 Å². The molecule has 2 nitrogen and oxygen atoms in total. The number of hydrogen-bond donors (Lipinski definition) is 1. The number of halogens is 1. The van der Waals surface area contributed by atoms with E-state index >= 15 is 0 Å². The highest BCUT2D eigenvalue weighted by Crippen LogP contribution is 2.30. The van der Waals surface area contributed by atoms with Gasteiger partial charge < -0.3 is 10.5 Å². The number of ether oxygens (including phenoxy) is 1. The molecule has 0 saturated heterocycles. The fraction of sp³-hybridized carbons (Fsp3) is 0.500. The molecule has 0 spiro atoms. The van der Waals surface area contributed by atoms with Crippen LogP contribution in [0.15, 0.2) is 18.2 Å². The molecule has 2 rings (SSSR count). The van der Waals surface area contributed by atoms with E-state index in [-0.39, 0.29) is 11.9 Å². The zero-order valence-corrected chi connectivity index (χ0v) is 8.87. The van der Waals surface area contributed by atoms with E-state index in [1.165, 1.54) is 18.6 Å². The first-order chi connectivity index (χ1) is 7.16. The van der Waals surface area contributed by atoms with Gasteiger partial charge in [-0.2, -0.15) is 0 Å². The number of benzene rings is 1. The standard InChI is InChI=1S/C12H16FNO/c1-8(14)11-7-9(13)5-6-12(11)15-10-3-2-4-10/h5-8,10H,2-4,14H2,1H3. The third kappa shape index (κ3) is 2.29. The van der Waals surface area contributed by atoms with Crippen LogP contribution in [-0.2, 0) is 0 Å². The molecular formula is C12H16FNO. The molecule has 2 N–H and O–H groups in total. The number of hydrogen-bond acceptors (Lipinski definition) is 2. The SMILES string of the molecule is CC(N)c1cc(F)ccc1OC1CCC1. The van der Waals surface area contributed by atoms with Gasteiger partial charge in [-0.3, -0.25) is 0 Å². The van der Waals surface area contributed by atoms with Gasteiger partial charge >= 0.3 is 0 Å². The van der Waals surface area contributed by atoms with Gasteiger partial charge in [0.25, 0.3) is 0 Å². The molecule has 1 fully saturated rings. The fourth-order valence-corrected chi connectivity index (χ4v) is 1.65. The average molecular weight is 209 g/mol. The lowest BCUT2D eigenvalue weighted by atomic mass is 9.96. The molecule has 0 aliphatic heterocycles. The molecule has 1 unspecified atom stereocenters. The zero-order valence-electron chi connectivity index (χ0n) is 8.87. The smallest absolute Gasteiger partial charge is 0.124 e. The van der Waals surface area contributed by atoms with E-state index < -0.39 is 0 Å². The molecule has 1 saturated carbocycles. The second kappa shape index (κ2) is 4.19. The molecule has 0 heterocycles. The summed E-state index contributed by atoms with van der Waals surface area (Å²) >= 11 is 0. The highest BCUT2D eigenvalue weighted by Gasteiger charge is 2.21. The van der Waals surface area contributed by atoms with Gasteiger partial charge in [0.1, 0.15) is 11.6 Å². The van der Waals surface area contributed by atoms with Gasteiger partial charge in [-0.05, 0) is 44.4 Å². The molecule has 82 valence electrons. The maximum atomic E-state index is 13.0. The molecule has 1 aromatic rings. The summed E-state index contributed by atoms with van der Waals surface area (Å²) in [6.45, 7) is 1.84. The van der Waals surface area contributed by atoms with Crippen LogP contribution in [0.1, 0.15) is 37.8 Å². The van der Waals surface area contributed by atoms with Crippen LogP contribution in [0, 0.1) is 5.82 Å². The minimum atomic E-state index is -0.261. The van der Waals surface area contributed by atoms with E-state index in [2.05, 4.69) is 0 Å². The number of rotatable bonds is 3. The zero-order chi connectivity index (χ0) is 10.8. The van der Waals surface area contributed by atoms with Gasteiger partial charge in [0, 0.05) is 11.6 Å².